The SMILES string of the molecule is CCC(C)C(NC(=O)c1ccccc1)C(=O)N1CCN(S(=O)(=O)c2ccccc2)CC1. The van der Waals surface area contributed by atoms with Gasteiger partial charge in [0.1, 0.15) is 6.04 Å². The predicted octanol–water partition coefficient (Wildman–Crippen LogP) is 2.36. The minimum Gasteiger partial charge on any atom is -0.340 e. The van der Waals surface area contributed by atoms with Gasteiger partial charge in [-0.25, -0.2) is 8.42 Å². The first-order valence-corrected chi connectivity index (χ1v) is 12.0. The summed E-state index contributed by atoms with van der Waals surface area (Å²) in [5.74, 6) is -0.508. The quantitative estimate of drug-likeness (QED) is 0.712. The highest BCUT2D eigenvalue weighted by Crippen LogP contribution is 2.19. The molecule has 1 saturated heterocycles. The maximum Gasteiger partial charge on any atom is 0.251 e. The molecular formula is C23H29N3O4S. The third-order valence-electron chi connectivity index (χ3n) is 5.73. The van der Waals surface area contributed by atoms with E-state index in [0.29, 0.717) is 18.7 Å². The van der Waals surface area contributed by atoms with Crippen LogP contribution in [0.3, 0.4) is 0 Å². The molecule has 1 heterocycles. The normalized spacial score (nSPS) is 17.0. The molecule has 1 aliphatic rings. The molecule has 166 valence electrons. The predicted molar refractivity (Wildman–Crippen MR) is 119 cm³/mol. The van der Waals surface area contributed by atoms with Crippen LogP contribution in [-0.4, -0.2) is 61.7 Å². The molecular weight excluding hydrogens is 414 g/mol. The third-order valence-corrected chi connectivity index (χ3v) is 7.65. The maximum atomic E-state index is 13.2. The van der Waals surface area contributed by atoms with Gasteiger partial charge in [-0.3, -0.25) is 9.59 Å². The van der Waals surface area contributed by atoms with E-state index in [0.717, 1.165) is 6.42 Å². The number of amides is 2. The van der Waals surface area contributed by atoms with Crippen LogP contribution in [-0.2, 0) is 14.8 Å². The van der Waals surface area contributed by atoms with Crippen LogP contribution in [0.1, 0.15) is 30.6 Å². The Morgan fingerprint density at radius 3 is 2.03 bits per heavy atom. The number of benzene rings is 2. The van der Waals surface area contributed by atoms with E-state index in [1.54, 1.807) is 59.5 Å². The summed E-state index contributed by atoms with van der Waals surface area (Å²) in [4.78, 5) is 27.8. The number of hydrogen-bond donors (Lipinski definition) is 1. The maximum absolute atomic E-state index is 13.2. The monoisotopic (exact) mass is 443 g/mol. The summed E-state index contributed by atoms with van der Waals surface area (Å²) < 4.78 is 27.0. The van der Waals surface area contributed by atoms with Crippen molar-refractivity contribution < 1.29 is 18.0 Å². The highest BCUT2D eigenvalue weighted by molar-refractivity contribution is 7.89. The standard InChI is InChI=1S/C23H29N3O4S/c1-3-18(2)21(24-22(27)19-10-6-4-7-11-19)23(28)25-14-16-26(17-15-25)31(29,30)20-12-8-5-9-13-20/h4-13,18,21H,3,14-17H2,1-2H3,(H,24,27). The highest BCUT2D eigenvalue weighted by atomic mass is 32.2. The number of sulfonamides is 1. The molecule has 0 spiro atoms. The molecule has 0 aromatic heterocycles. The van der Waals surface area contributed by atoms with Crippen LogP contribution in [0.4, 0.5) is 0 Å². The summed E-state index contributed by atoms with van der Waals surface area (Å²) in [5, 5.41) is 2.89. The number of carbonyl (C=O) groups is 2. The number of carbonyl (C=O) groups excluding carboxylic acids is 2. The van der Waals surface area contributed by atoms with Crippen molar-refractivity contribution >= 4 is 21.8 Å². The summed E-state index contributed by atoms with van der Waals surface area (Å²) in [6.45, 7) is 4.94. The lowest BCUT2D eigenvalue weighted by Gasteiger charge is -2.37. The molecule has 7 nitrogen and oxygen atoms in total. The highest BCUT2D eigenvalue weighted by Gasteiger charge is 2.34. The van der Waals surface area contributed by atoms with Gasteiger partial charge in [0.15, 0.2) is 0 Å². The Kier molecular flexibility index (Phi) is 7.46. The lowest BCUT2D eigenvalue weighted by molar-refractivity contribution is -0.135. The van der Waals surface area contributed by atoms with Gasteiger partial charge in [0.05, 0.1) is 4.90 Å². The van der Waals surface area contributed by atoms with Gasteiger partial charge in [-0.1, -0.05) is 56.7 Å². The van der Waals surface area contributed by atoms with Crippen LogP contribution >= 0.6 is 0 Å². The van der Waals surface area contributed by atoms with Gasteiger partial charge in [-0.15, -0.1) is 0 Å². The molecule has 0 aliphatic carbocycles. The zero-order valence-corrected chi connectivity index (χ0v) is 18.7. The molecule has 2 amide bonds. The molecule has 2 aromatic carbocycles. The van der Waals surface area contributed by atoms with Gasteiger partial charge in [-0.2, -0.15) is 4.31 Å². The summed E-state index contributed by atoms with van der Waals surface area (Å²) in [6, 6.07) is 16.5. The van der Waals surface area contributed by atoms with Crippen LogP contribution in [0.2, 0.25) is 0 Å². The molecule has 31 heavy (non-hydrogen) atoms. The number of piperazine rings is 1. The summed E-state index contributed by atoms with van der Waals surface area (Å²) in [5.41, 5.74) is 0.502. The second-order valence-corrected chi connectivity index (χ2v) is 9.68. The van der Waals surface area contributed by atoms with Crippen molar-refractivity contribution in [1.82, 2.24) is 14.5 Å². The molecule has 1 fully saturated rings. The van der Waals surface area contributed by atoms with Crippen molar-refractivity contribution in [3.05, 3.63) is 66.2 Å². The number of nitrogens with one attached hydrogen (secondary N) is 1. The largest absolute Gasteiger partial charge is 0.340 e. The lowest BCUT2D eigenvalue weighted by atomic mass is 9.97. The van der Waals surface area contributed by atoms with Crippen LogP contribution in [0.25, 0.3) is 0 Å². The Hall–Kier alpha value is -2.71. The number of nitrogens with zero attached hydrogens (tertiary/aromatic N) is 2. The van der Waals surface area contributed by atoms with Crippen molar-refractivity contribution in [2.45, 2.75) is 31.2 Å². The van der Waals surface area contributed by atoms with Gasteiger partial charge in [0.25, 0.3) is 5.91 Å². The average Bonchev–Trinajstić information content (AvgIpc) is 2.82. The van der Waals surface area contributed by atoms with Crippen molar-refractivity contribution in [2.24, 2.45) is 5.92 Å². The first-order chi connectivity index (χ1) is 14.8. The van der Waals surface area contributed by atoms with Crippen LogP contribution in [0, 0.1) is 5.92 Å². The fourth-order valence-corrected chi connectivity index (χ4v) is 5.03. The molecule has 1 N–H and O–H groups in total. The second-order valence-electron chi connectivity index (χ2n) is 7.75. The molecule has 3 rings (SSSR count). The first kappa shape index (κ1) is 23.0. The lowest BCUT2D eigenvalue weighted by Crippen LogP contribution is -2.57. The smallest absolute Gasteiger partial charge is 0.251 e. The summed E-state index contributed by atoms with van der Waals surface area (Å²) in [6.07, 6.45) is 0.730. The van der Waals surface area contributed by atoms with Crippen molar-refractivity contribution in [3.8, 4) is 0 Å². The third kappa shape index (κ3) is 5.32. The molecule has 2 unspecified atom stereocenters. The van der Waals surface area contributed by atoms with E-state index in [1.165, 1.54) is 4.31 Å². The fraction of sp³-hybridized carbons (Fsp3) is 0.391. The number of rotatable bonds is 7. The Balaban J connectivity index is 1.67. The molecule has 0 bridgehead atoms. The average molecular weight is 444 g/mol. The van der Waals surface area contributed by atoms with E-state index in [2.05, 4.69) is 5.32 Å². The minimum absolute atomic E-state index is 0.0498. The molecule has 2 atom stereocenters. The fourth-order valence-electron chi connectivity index (χ4n) is 3.58. The van der Waals surface area contributed by atoms with E-state index in [-0.39, 0.29) is 35.7 Å². The van der Waals surface area contributed by atoms with Crippen LogP contribution < -0.4 is 5.32 Å². The van der Waals surface area contributed by atoms with Crippen LogP contribution in [0.15, 0.2) is 65.6 Å². The Morgan fingerprint density at radius 1 is 0.935 bits per heavy atom. The van der Waals surface area contributed by atoms with Gasteiger partial charge >= 0.3 is 0 Å². The molecule has 8 heteroatoms. The molecule has 1 aliphatic heterocycles. The van der Waals surface area contributed by atoms with Gasteiger partial charge in [0.2, 0.25) is 15.9 Å². The van der Waals surface area contributed by atoms with Crippen molar-refractivity contribution in [1.29, 1.82) is 0 Å². The second kappa shape index (κ2) is 10.1. The van der Waals surface area contributed by atoms with E-state index in [1.807, 2.05) is 19.9 Å². The van der Waals surface area contributed by atoms with Gasteiger partial charge in [0, 0.05) is 31.7 Å². The van der Waals surface area contributed by atoms with Crippen LogP contribution in [0.5, 0.6) is 0 Å². The Morgan fingerprint density at radius 2 is 1.48 bits per heavy atom. The number of hydrogen-bond acceptors (Lipinski definition) is 4. The van der Waals surface area contributed by atoms with E-state index in [9.17, 15) is 18.0 Å². The van der Waals surface area contributed by atoms with E-state index >= 15 is 0 Å². The Bertz CT molecular complexity index is 988. The zero-order chi connectivity index (χ0) is 22.4. The molecule has 2 aromatic rings. The van der Waals surface area contributed by atoms with E-state index < -0.39 is 16.1 Å². The van der Waals surface area contributed by atoms with Gasteiger partial charge in [-0.05, 0) is 30.2 Å². The van der Waals surface area contributed by atoms with Crippen molar-refractivity contribution in [2.75, 3.05) is 26.2 Å². The molecule has 0 radical (unpaired) electrons. The van der Waals surface area contributed by atoms with E-state index in [4.69, 9.17) is 0 Å². The first-order valence-electron chi connectivity index (χ1n) is 10.5. The van der Waals surface area contributed by atoms with Crippen molar-refractivity contribution in [3.63, 3.8) is 0 Å². The van der Waals surface area contributed by atoms with Gasteiger partial charge < -0.3 is 10.2 Å². The zero-order valence-electron chi connectivity index (χ0n) is 17.9. The topological polar surface area (TPSA) is 86.8 Å². The minimum atomic E-state index is -3.58. The summed E-state index contributed by atoms with van der Waals surface area (Å²) >= 11 is 0. The molecule has 0 saturated carbocycles. The summed E-state index contributed by atoms with van der Waals surface area (Å²) in [7, 11) is -3.58. The Labute approximate surface area is 184 Å².